The van der Waals surface area contributed by atoms with Gasteiger partial charge in [0.1, 0.15) is 0 Å². The van der Waals surface area contributed by atoms with Gasteiger partial charge < -0.3 is 10.2 Å². The molecule has 2 fully saturated rings. The fourth-order valence-corrected chi connectivity index (χ4v) is 3.53. The molecule has 1 N–H and O–H groups in total. The zero-order valence-corrected chi connectivity index (χ0v) is 9.98. The molecule has 0 aliphatic carbocycles. The van der Waals surface area contributed by atoms with Gasteiger partial charge in [-0.1, -0.05) is 0 Å². The maximum atomic E-state index is 3.53. The Labute approximate surface area is 91.8 Å². The molecule has 0 aromatic rings. The molecule has 2 unspecified atom stereocenters. The van der Waals surface area contributed by atoms with Gasteiger partial charge in [0.05, 0.1) is 0 Å². The Morgan fingerprint density at radius 3 is 2.86 bits per heavy atom. The summed E-state index contributed by atoms with van der Waals surface area (Å²) in [6.45, 7) is 7.55. The van der Waals surface area contributed by atoms with Crippen molar-refractivity contribution in [3.63, 3.8) is 0 Å². The molecular formula is C11H22N2S. The Balaban J connectivity index is 1.72. The van der Waals surface area contributed by atoms with Gasteiger partial charge in [0, 0.05) is 37.2 Å². The predicted octanol–water partition coefficient (Wildman–Crippen LogP) is 1.42. The summed E-state index contributed by atoms with van der Waals surface area (Å²) in [7, 11) is 0. The van der Waals surface area contributed by atoms with Crippen LogP contribution >= 0.6 is 11.8 Å². The van der Waals surface area contributed by atoms with Crippen molar-refractivity contribution >= 4 is 11.8 Å². The summed E-state index contributed by atoms with van der Waals surface area (Å²) in [5, 5.41) is 3.53. The van der Waals surface area contributed by atoms with E-state index in [0.29, 0.717) is 0 Å². The van der Waals surface area contributed by atoms with Gasteiger partial charge in [0.15, 0.2) is 0 Å². The average Bonchev–Trinajstić information content (AvgIpc) is 2.19. The summed E-state index contributed by atoms with van der Waals surface area (Å²) in [6.07, 6.45) is 2.76. The molecule has 0 bridgehead atoms. The van der Waals surface area contributed by atoms with E-state index in [1.54, 1.807) is 0 Å². The van der Waals surface area contributed by atoms with E-state index in [1.165, 1.54) is 50.5 Å². The van der Waals surface area contributed by atoms with E-state index in [-0.39, 0.29) is 0 Å². The van der Waals surface area contributed by atoms with Gasteiger partial charge in [0.25, 0.3) is 0 Å². The Morgan fingerprint density at radius 2 is 2.14 bits per heavy atom. The Bertz CT molecular complexity index is 169. The molecule has 2 saturated heterocycles. The van der Waals surface area contributed by atoms with Gasteiger partial charge in [-0.15, -0.1) is 0 Å². The normalized spacial score (nSPS) is 35.8. The lowest BCUT2D eigenvalue weighted by Gasteiger charge is -2.34. The second kappa shape index (κ2) is 5.38. The third-order valence-corrected chi connectivity index (χ3v) is 4.29. The first-order chi connectivity index (χ1) is 6.84. The molecule has 0 spiro atoms. The first kappa shape index (κ1) is 10.8. The van der Waals surface area contributed by atoms with Crippen LogP contribution < -0.4 is 5.32 Å². The van der Waals surface area contributed by atoms with E-state index in [9.17, 15) is 0 Å². The summed E-state index contributed by atoms with van der Waals surface area (Å²) < 4.78 is 0. The molecule has 0 radical (unpaired) electrons. The molecule has 2 rings (SSSR count). The lowest BCUT2D eigenvalue weighted by molar-refractivity contribution is 0.204. The van der Waals surface area contributed by atoms with Gasteiger partial charge in [-0.2, -0.15) is 11.8 Å². The van der Waals surface area contributed by atoms with E-state index in [2.05, 4.69) is 28.9 Å². The smallest absolute Gasteiger partial charge is 0.00728 e. The highest BCUT2D eigenvalue weighted by Gasteiger charge is 2.21. The molecule has 14 heavy (non-hydrogen) atoms. The van der Waals surface area contributed by atoms with Gasteiger partial charge in [-0.25, -0.2) is 0 Å². The van der Waals surface area contributed by atoms with Crippen molar-refractivity contribution < 1.29 is 0 Å². The van der Waals surface area contributed by atoms with Gasteiger partial charge in [0.2, 0.25) is 0 Å². The number of nitrogens with one attached hydrogen (secondary N) is 1. The fraction of sp³-hybridized carbons (Fsp3) is 1.00. The molecule has 0 aromatic heterocycles. The minimum Gasteiger partial charge on any atom is -0.314 e. The molecule has 2 heterocycles. The summed E-state index contributed by atoms with van der Waals surface area (Å²) in [6, 6.07) is 0.743. The number of hydrogen-bond acceptors (Lipinski definition) is 3. The molecule has 0 saturated carbocycles. The highest BCUT2D eigenvalue weighted by molar-refractivity contribution is 7.99. The van der Waals surface area contributed by atoms with Crippen LogP contribution in [0.5, 0.6) is 0 Å². The highest BCUT2D eigenvalue weighted by atomic mass is 32.2. The molecule has 2 nitrogen and oxygen atoms in total. The third-order valence-electron chi connectivity index (χ3n) is 3.35. The Kier molecular flexibility index (Phi) is 4.14. The SMILES string of the molecule is CC1CC(CN2CCSCC2)CCN1. The van der Waals surface area contributed by atoms with E-state index >= 15 is 0 Å². The Hall–Kier alpha value is 0.270. The van der Waals surface area contributed by atoms with E-state index in [1.807, 2.05) is 0 Å². The summed E-state index contributed by atoms with van der Waals surface area (Å²) in [5.41, 5.74) is 0. The molecular weight excluding hydrogens is 192 g/mol. The van der Waals surface area contributed by atoms with Gasteiger partial charge in [-0.3, -0.25) is 0 Å². The molecule has 2 aliphatic heterocycles. The van der Waals surface area contributed by atoms with Crippen LogP contribution in [0.1, 0.15) is 19.8 Å². The maximum absolute atomic E-state index is 3.53. The quantitative estimate of drug-likeness (QED) is 0.748. The number of hydrogen-bond donors (Lipinski definition) is 1. The maximum Gasteiger partial charge on any atom is 0.00728 e. The van der Waals surface area contributed by atoms with Crippen molar-refractivity contribution in [3.8, 4) is 0 Å². The van der Waals surface area contributed by atoms with E-state index < -0.39 is 0 Å². The summed E-state index contributed by atoms with van der Waals surface area (Å²) in [4.78, 5) is 2.67. The monoisotopic (exact) mass is 214 g/mol. The van der Waals surface area contributed by atoms with Crippen LogP contribution in [-0.4, -0.2) is 48.6 Å². The zero-order valence-electron chi connectivity index (χ0n) is 9.17. The molecule has 0 amide bonds. The summed E-state index contributed by atoms with van der Waals surface area (Å²) in [5.74, 6) is 3.65. The second-order valence-electron chi connectivity index (χ2n) is 4.66. The number of nitrogens with zero attached hydrogens (tertiary/aromatic N) is 1. The van der Waals surface area contributed by atoms with Crippen molar-refractivity contribution in [2.75, 3.05) is 37.7 Å². The number of piperidine rings is 1. The molecule has 0 aromatic carbocycles. The topological polar surface area (TPSA) is 15.3 Å². The first-order valence-corrected chi connectivity index (χ1v) is 7.03. The van der Waals surface area contributed by atoms with Crippen molar-refractivity contribution in [1.82, 2.24) is 10.2 Å². The van der Waals surface area contributed by atoms with Crippen LogP contribution in [0.15, 0.2) is 0 Å². The zero-order chi connectivity index (χ0) is 9.80. The standard InChI is InChI=1S/C11H22N2S/c1-10-8-11(2-3-12-10)9-13-4-6-14-7-5-13/h10-12H,2-9H2,1H3. The van der Waals surface area contributed by atoms with E-state index in [0.717, 1.165) is 12.0 Å². The molecule has 82 valence electrons. The van der Waals surface area contributed by atoms with Crippen molar-refractivity contribution in [1.29, 1.82) is 0 Å². The minimum absolute atomic E-state index is 0.743. The lowest BCUT2D eigenvalue weighted by atomic mass is 9.93. The molecule has 2 aliphatic rings. The molecule has 2 atom stereocenters. The van der Waals surface area contributed by atoms with Crippen LogP contribution in [0, 0.1) is 5.92 Å². The first-order valence-electron chi connectivity index (χ1n) is 5.88. The predicted molar refractivity (Wildman–Crippen MR) is 64.0 cm³/mol. The van der Waals surface area contributed by atoms with Crippen LogP contribution in [0.2, 0.25) is 0 Å². The van der Waals surface area contributed by atoms with Crippen molar-refractivity contribution in [3.05, 3.63) is 0 Å². The molecule has 3 heteroatoms. The average molecular weight is 214 g/mol. The van der Waals surface area contributed by atoms with E-state index in [4.69, 9.17) is 0 Å². The van der Waals surface area contributed by atoms with Crippen molar-refractivity contribution in [2.45, 2.75) is 25.8 Å². The van der Waals surface area contributed by atoms with Crippen LogP contribution in [-0.2, 0) is 0 Å². The Morgan fingerprint density at radius 1 is 1.36 bits per heavy atom. The fourth-order valence-electron chi connectivity index (χ4n) is 2.55. The van der Waals surface area contributed by atoms with Crippen molar-refractivity contribution in [2.24, 2.45) is 5.92 Å². The highest BCUT2D eigenvalue weighted by Crippen LogP contribution is 2.19. The van der Waals surface area contributed by atoms with Gasteiger partial charge in [-0.05, 0) is 32.2 Å². The minimum atomic E-state index is 0.743. The second-order valence-corrected chi connectivity index (χ2v) is 5.88. The number of thioether (sulfide) groups is 1. The van der Waals surface area contributed by atoms with Crippen LogP contribution in [0.3, 0.4) is 0 Å². The van der Waals surface area contributed by atoms with Gasteiger partial charge >= 0.3 is 0 Å². The van der Waals surface area contributed by atoms with Crippen LogP contribution in [0.4, 0.5) is 0 Å². The van der Waals surface area contributed by atoms with Crippen LogP contribution in [0.25, 0.3) is 0 Å². The third kappa shape index (κ3) is 3.14. The lowest BCUT2D eigenvalue weighted by Crippen LogP contribution is -2.42. The number of rotatable bonds is 2. The summed E-state index contributed by atoms with van der Waals surface area (Å²) >= 11 is 2.11. The largest absolute Gasteiger partial charge is 0.314 e.